The predicted molar refractivity (Wildman–Crippen MR) is 164 cm³/mol. The molecule has 214 valence electrons. The summed E-state index contributed by atoms with van der Waals surface area (Å²) in [6.45, 7) is 11.6. The summed E-state index contributed by atoms with van der Waals surface area (Å²) in [5.41, 5.74) is 2.80. The molecular weight excluding hydrogens is 538 g/mol. The number of morpholine rings is 1. The van der Waals surface area contributed by atoms with Crippen molar-refractivity contribution >= 4 is 50.6 Å². The number of anilines is 3. The van der Waals surface area contributed by atoms with Crippen molar-refractivity contribution in [1.29, 1.82) is 0 Å². The van der Waals surface area contributed by atoms with Gasteiger partial charge in [-0.25, -0.2) is 9.78 Å². The van der Waals surface area contributed by atoms with Gasteiger partial charge in [0.05, 0.1) is 35.7 Å². The number of para-hydroxylation sites is 1. The molecule has 2 aromatic heterocycles. The van der Waals surface area contributed by atoms with Crippen molar-refractivity contribution in [2.45, 2.75) is 33.7 Å². The number of hydrogen-bond acceptors (Lipinski definition) is 7. The summed E-state index contributed by atoms with van der Waals surface area (Å²) in [5, 5.41) is 6.75. The second-order valence-electron chi connectivity index (χ2n) is 9.66. The van der Waals surface area contributed by atoms with Crippen LogP contribution in [-0.4, -0.2) is 60.7 Å². The minimum Gasteiger partial charge on any atom is -0.457 e. The maximum Gasteiger partial charge on any atom is 0.331 e. The highest BCUT2D eigenvalue weighted by atomic mass is 32.1. The van der Waals surface area contributed by atoms with Crippen LogP contribution in [0.15, 0.2) is 60.8 Å². The van der Waals surface area contributed by atoms with Crippen molar-refractivity contribution in [1.82, 2.24) is 15.2 Å². The van der Waals surface area contributed by atoms with Crippen LogP contribution in [-0.2, 0) is 4.74 Å². The number of nitrogens with zero attached hydrogens (tertiary/aromatic N) is 3. The number of thiophene rings is 1. The number of amides is 3. The van der Waals surface area contributed by atoms with Crippen molar-refractivity contribution in [3.8, 4) is 11.5 Å². The molecule has 1 atom stereocenters. The smallest absolute Gasteiger partial charge is 0.331 e. The normalized spacial score (nSPS) is 16.5. The van der Waals surface area contributed by atoms with Crippen LogP contribution >= 0.6 is 11.3 Å². The summed E-state index contributed by atoms with van der Waals surface area (Å²) in [4.78, 5) is 36.3. The highest BCUT2D eigenvalue weighted by Gasteiger charge is 2.33. The van der Waals surface area contributed by atoms with Crippen molar-refractivity contribution in [3.63, 3.8) is 0 Å². The van der Waals surface area contributed by atoms with Crippen LogP contribution in [0.4, 0.5) is 21.9 Å². The number of rotatable bonds is 7. The monoisotopic (exact) mass is 573 g/mol. The molecule has 0 bridgehead atoms. The Bertz CT molecular complexity index is 1540. The van der Waals surface area contributed by atoms with Crippen LogP contribution < -0.4 is 20.3 Å². The van der Waals surface area contributed by atoms with E-state index in [1.54, 1.807) is 11.1 Å². The zero-order valence-electron chi connectivity index (χ0n) is 23.8. The van der Waals surface area contributed by atoms with E-state index in [1.165, 1.54) is 11.3 Å². The van der Waals surface area contributed by atoms with E-state index in [0.29, 0.717) is 52.6 Å². The molecule has 2 aliphatic heterocycles. The fraction of sp³-hybridized carbons (Fsp3) is 0.323. The van der Waals surface area contributed by atoms with Crippen LogP contribution in [0, 0.1) is 6.92 Å². The Kier molecular flexibility index (Phi) is 8.82. The Morgan fingerprint density at radius 1 is 1.15 bits per heavy atom. The van der Waals surface area contributed by atoms with Gasteiger partial charge in [-0.1, -0.05) is 32.0 Å². The summed E-state index contributed by atoms with van der Waals surface area (Å²) in [6, 6.07) is 17.0. The molecule has 4 heterocycles. The number of urea groups is 1. The van der Waals surface area contributed by atoms with Crippen molar-refractivity contribution in [2.75, 3.05) is 43.1 Å². The molecule has 4 aromatic rings. The highest BCUT2D eigenvalue weighted by Crippen LogP contribution is 2.46. The molecule has 1 saturated heterocycles. The molecule has 3 amide bonds. The summed E-state index contributed by atoms with van der Waals surface area (Å²) in [6.07, 6.45) is 1.67. The van der Waals surface area contributed by atoms with E-state index in [2.05, 4.69) is 27.4 Å². The van der Waals surface area contributed by atoms with Gasteiger partial charge in [0, 0.05) is 31.9 Å². The molecule has 0 aliphatic carbocycles. The first kappa shape index (κ1) is 28.5. The van der Waals surface area contributed by atoms with Gasteiger partial charge in [-0.3, -0.25) is 14.6 Å². The standard InChI is InChI=1S/C29H29N5O4S.C2H6/c1-18-16-21(38-20-6-4-3-5-7-20)8-9-22(18)34-23-10-11-31-28-24(23)25(32-29(34)36)26(39-28)27(35)30-12-13-33-14-15-37-17-19(33)2;1-2/h3-11,16,19H,12-15,17H2,1-2H3,(H,30,35)(H,32,36);1-2H3. The molecular formula is C31H35N5O4S. The number of hydrogen-bond donors (Lipinski definition) is 2. The van der Waals surface area contributed by atoms with E-state index < -0.39 is 0 Å². The third-order valence-corrected chi connectivity index (χ3v) is 8.13. The Morgan fingerprint density at radius 3 is 2.71 bits per heavy atom. The van der Waals surface area contributed by atoms with E-state index in [0.717, 1.165) is 35.5 Å². The largest absolute Gasteiger partial charge is 0.457 e. The van der Waals surface area contributed by atoms with Crippen molar-refractivity contribution < 1.29 is 19.1 Å². The minimum absolute atomic E-state index is 0.216. The zero-order valence-corrected chi connectivity index (χ0v) is 24.6. The lowest BCUT2D eigenvalue weighted by atomic mass is 10.1. The average molecular weight is 574 g/mol. The highest BCUT2D eigenvalue weighted by molar-refractivity contribution is 7.21. The predicted octanol–water partition coefficient (Wildman–Crippen LogP) is 6.56. The van der Waals surface area contributed by atoms with Crippen LogP contribution in [0.2, 0.25) is 0 Å². The van der Waals surface area contributed by atoms with E-state index in [4.69, 9.17) is 9.47 Å². The maximum absolute atomic E-state index is 13.5. The molecule has 9 nitrogen and oxygen atoms in total. The molecule has 1 fully saturated rings. The van der Waals surface area contributed by atoms with Crippen LogP contribution in [0.5, 0.6) is 11.5 Å². The van der Waals surface area contributed by atoms with Gasteiger partial charge < -0.3 is 20.1 Å². The fourth-order valence-corrected chi connectivity index (χ4v) is 6.07. The maximum atomic E-state index is 13.5. The summed E-state index contributed by atoms with van der Waals surface area (Å²) < 4.78 is 11.5. The van der Waals surface area contributed by atoms with E-state index in [9.17, 15) is 9.59 Å². The van der Waals surface area contributed by atoms with E-state index >= 15 is 0 Å². The van der Waals surface area contributed by atoms with Crippen LogP contribution in [0.1, 0.15) is 36.0 Å². The first-order valence-electron chi connectivity index (χ1n) is 14.0. The van der Waals surface area contributed by atoms with Crippen molar-refractivity contribution in [2.24, 2.45) is 0 Å². The lowest BCUT2D eigenvalue weighted by Gasteiger charge is -2.33. The third kappa shape index (κ3) is 5.90. The summed E-state index contributed by atoms with van der Waals surface area (Å²) in [7, 11) is 0. The van der Waals surface area contributed by atoms with Gasteiger partial charge in [-0.05, 0) is 55.8 Å². The molecule has 2 aromatic carbocycles. The molecule has 0 saturated carbocycles. The van der Waals surface area contributed by atoms with Gasteiger partial charge >= 0.3 is 6.03 Å². The number of nitrogens with one attached hydrogen (secondary N) is 2. The Hall–Kier alpha value is -3.99. The molecule has 0 spiro atoms. The molecule has 1 unspecified atom stereocenters. The van der Waals surface area contributed by atoms with Gasteiger partial charge in [-0.2, -0.15) is 0 Å². The van der Waals surface area contributed by atoms with E-state index in [1.807, 2.05) is 75.4 Å². The molecule has 2 aliphatic rings. The third-order valence-electron chi connectivity index (χ3n) is 7.03. The molecule has 41 heavy (non-hydrogen) atoms. The van der Waals surface area contributed by atoms with Gasteiger partial charge in [-0.15, -0.1) is 11.3 Å². The lowest BCUT2D eigenvalue weighted by molar-refractivity contribution is 0.000545. The molecule has 6 rings (SSSR count). The number of carbonyl (C=O) groups is 2. The number of carbonyl (C=O) groups excluding carboxylic acids is 2. The summed E-state index contributed by atoms with van der Waals surface area (Å²) >= 11 is 1.29. The average Bonchev–Trinajstić information content (AvgIpc) is 3.36. The molecule has 10 heteroatoms. The zero-order chi connectivity index (χ0) is 28.9. The van der Waals surface area contributed by atoms with Gasteiger partial charge in [0.2, 0.25) is 0 Å². The Labute approximate surface area is 244 Å². The first-order chi connectivity index (χ1) is 20.0. The Balaban J connectivity index is 0.00000165. The second kappa shape index (κ2) is 12.7. The molecule has 0 radical (unpaired) electrons. The number of benzene rings is 2. The van der Waals surface area contributed by atoms with Crippen LogP contribution in [0.3, 0.4) is 0 Å². The SMILES string of the molecule is CC.Cc1cc(Oc2ccccc2)ccc1N1C(=O)Nc2c(C(=O)NCCN3CCOCC3C)sc3nccc1c23. The Morgan fingerprint density at radius 2 is 1.95 bits per heavy atom. The first-order valence-corrected chi connectivity index (χ1v) is 14.8. The number of ether oxygens (including phenoxy) is 2. The minimum atomic E-state index is -0.329. The van der Waals surface area contributed by atoms with Gasteiger partial charge in [0.25, 0.3) is 5.91 Å². The lowest BCUT2D eigenvalue weighted by Crippen LogP contribution is -2.46. The number of pyridine rings is 1. The number of aryl methyl sites for hydroxylation is 1. The van der Waals surface area contributed by atoms with Crippen molar-refractivity contribution in [3.05, 3.63) is 71.2 Å². The van der Waals surface area contributed by atoms with Gasteiger partial charge in [0.15, 0.2) is 0 Å². The molecule has 2 N–H and O–H groups in total. The van der Waals surface area contributed by atoms with E-state index in [-0.39, 0.29) is 11.9 Å². The van der Waals surface area contributed by atoms with Gasteiger partial charge in [0.1, 0.15) is 21.2 Å². The van der Waals surface area contributed by atoms with Crippen LogP contribution in [0.25, 0.3) is 10.2 Å². The second-order valence-corrected chi connectivity index (χ2v) is 10.7. The number of aromatic nitrogens is 1. The quantitative estimate of drug-likeness (QED) is 0.260. The fourth-order valence-electron chi connectivity index (χ4n) is 5.04. The topological polar surface area (TPSA) is 96.0 Å². The summed E-state index contributed by atoms with van der Waals surface area (Å²) in [5.74, 6) is 1.21.